The second kappa shape index (κ2) is 15.5. The lowest BCUT2D eigenvalue weighted by atomic mass is 10.0. The lowest BCUT2D eigenvalue weighted by molar-refractivity contribution is -0.140. The Morgan fingerprint density at radius 3 is 2.20 bits per heavy atom. The molecule has 4 aromatic rings. The summed E-state index contributed by atoms with van der Waals surface area (Å²) in [5.74, 6) is -1.48. The Hall–Kier alpha value is -4.41. The minimum atomic E-state index is -4.36. The fraction of sp³-hybridized carbons (Fsp3) is 0.235. The normalized spacial score (nSPS) is 11.8. The van der Waals surface area contributed by atoms with Gasteiger partial charge in [-0.1, -0.05) is 72.3 Å². The fourth-order valence-corrected chi connectivity index (χ4v) is 6.39. The Bertz CT molecular complexity index is 1700. The van der Waals surface area contributed by atoms with Crippen molar-refractivity contribution >= 4 is 39.1 Å². The number of sulfonamides is 1. The van der Waals surface area contributed by atoms with Crippen LogP contribution in [0.3, 0.4) is 0 Å². The molecule has 0 radical (unpaired) electrons. The number of amides is 2. The van der Waals surface area contributed by atoms with Gasteiger partial charge in [0.25, 0.3) is 10.0 Å². The number of carbonyl (C=O) groups is 2. The standard InChI is InChI=1S/C34H35ClFN3O5S/c1-3-37-34(41)31(22-25-12-6-5-7-13-25)38(23-26-14-8-9-15-29(26)36)33(40)24-39(30-16-10-11-17-32(30)44-4-2)45(42,43)28-20-18-27(35)19-21-28/h5-21,31H,3-4,22-24H2,1-2H3,(H,37,41)/t31-/m0/s1. The SMILES string of the molecule is CCNC(=O)[C@H](Cc1ccccc1)N(Cc1ccccc1F)C(=O)CN(c1ccccc1OCC)S(=O)(=O)c1ccc(Cl)cc1. The second-order valence-corrected chi connectivity index (χ2v) is 12.4. The van der Waals surface area contributed by atoms with Gasteiger partial charge in [-0.2, -0.15) is 0 Å². The molecule has 0 aliphatic carbocycles. The monoisotopic (exact) mass is 651 g/mol. The van der Waals surface area contributed by atoms with Gasteiger partial charge in [-0.15, -0.1) is 0 Å². The first-order valence-electron chi connectivity index (χ1n) is 14.5. The molecule has 0 saturated carbocycles. The number of hydrogen-bond donors (Lipinski definition) is 1. The van der Waals surface area contributed by atoms with Gasteiger partial charge >= 0.3 is 0 Å². The molecule has 0 heterocycles. The number of hydrogen-bond acceptors (Lipinski definition) is 5. The zero-order chi connectivity index (χ0) is 32.4. The van der Waals surface area contributed by atoms with Crippen molar-refractivity contribution in [3.63, 3.8) is 0 Å². The van der Waals surface area contributed by atoms with E-state index >= 15 is 0 Å². The van der Waals surface area contributed by atoms with Gasteiger partial charge in [0.1, 0.15) is 24.2 Å². The molecule has 8 nitrogen and oxygen atoms in total. The van der Waals surface area contributed by atoms with Gasteiger partial charge in [0.05, 0.1) is 17.2 Å². The number of nitrogens with one attached hydrogen (secondary N) is 1. The summed E-state index contributed by atoms with van der Waals surface area (Å²) in [6.07, 6.45) is 0.117. The molecule has 2 amide bonds. The van der Waals surface area contributed by atoms with Crippen LogP contribution in [0.2, 0.25) is 5.02 Å². The molecule has 236 valence electrons. The van der Waals surface area contributed by atoms with Crippen LogP contribution in [0.5, 0.6) is 5.75 Å². The van der Waals surface area contributed by atoms with Gasteiger partial charge < -0.3 is 15.0 Å². The maximum atomic E-state index is 15.0. The smallest absolute Gasteiger partial charge is 0.264 e. The molecule has 0 aliphatic rings. The Labute approximate surface area is 268 Å². The number of halogens is 2. The van der Waals surface area contributed by atoms with E-state index < -0.39 is 40.2 Å². The van der Waals surface area contributed by atoms with E-state index in [-0.39, 0.29) is 41.5 Å². The van der Waals surface area contributed by atoms with Crippen LogP contribution >= 0.6 is 11.6 Å². The van der Waals surface area contributed by atoms with E-state index in [4.69, 9.17) is 16.3 Å². The Morgan fingerprint density at radius 1 is 0.889 bits per heavy atom. The van der Waals surface area contributed by atoms with Gasteiger partial charge in [0, 0.05) is 30.1 Å². The van der Waals surface area contributed by atoms with E-state index in [0.29, 0.717) is 11.6 Å². The summed E-state index contributed by atoms with van der Waals surface area (Å²) >= 11 is 6.04. The highest BCUT2D eigenvalue weighted by Crippen LogP contribution is 2.33. The van der Waals surface area contributed by atoms with Crippen LogP contribution in [0, 0.1) is 5.82 Å². The summed E-state index contributed by atoms with van der Waals surface area (Å²) in [5.41, 5.74) is 1.08. The maximum Gasteiger partial charge on any atom is 0.264 e. The number of carbonyl (C=O) groups excluding carboxylic acids is 2. The molecular weight excluding hydrogens is 617 g/mol. The van der Waals surface area contributed by atoms with E-state index in [1.165, 1.54) is 53.4 Å². The van der Waals surface area contributed by atoms with Crippen LogP contribution in [0.25, 0.3) is 0 Å². The quantitative estimate of drug-likeness (QED) is 0.185. The number of likely N-dealkylation sites (N-methyl/N-ethyl adjacent to an activating group) is 1. The van der Waals surface area contributed by atoms with Crippen LogP contribution in [0.1, 0.15) is 25.0 Å². The number of ether oxygens (including phenoxy) is 1. The summed E-state index contributed by atoms with van der Waals surface area (Å²) in [6.45, 7) is 3.08. The van der Waals surface area contributed by atoms with Crippen molar-refractivity contribution in [1.82, 2.24) is 10.2 Å². The highest BCUT2D eigenvalue weighted by atomic mass is 35.5. The Morgan fingerprint density at radius 2 is 1.53 bits per heavy atom. The van der Waals surface area contributed by atoms with Gasteiger partial charge in [0.2, 0.25) is 11.8 Å². The van der Waals surface area contributed by atoms with Gasteiger partial charge in [-0.05, 0) is 61.9 Å². The summed E-state index contributed by atoms with van der Waals surface area (Å²) in [6, 6.07) is 26.1. The predicted molar refractivity (Wildman–Crippen MR) is 173 cm³/mol. The van der Waals surface area contributed by atoms with Crippen LogP contribution in [0.4, 0.5) is 10.1 Å². The Balaban J connectivity index is 1.84. The van der Waals surface area contributed by atoms with Gasteiger partial charge in [0.15, 0.2) is 0 Å². The lowest BCUT2D eigenvalue weighted by Crippen LogP contribution is -2.53. The molecule has 0 saturated heterocycles. The van der Waals surface area contributed by atoms with Gasteiger partial charge in [-0.3, -0.25) is 13.9 Å². The van der Waals surface area contributed by atoms with Crippen molar-refractivity contribution in [3.8, 4) is 5.75 Å². The van der Waals surface area contributed by atoms with Crippen molar-refractivity contribution in [1.29, 1.82) is 0 Å². The van der Waals surface area contributed by atoms with Crippen molar-refractivity contribution < 1.29 is 27.1 Å². The van der Waals surface area contributed by atoms with E-state index in [9.17, 15) is 22.4 Å². The Kier molecular flexibility index (Phi) is 11.6. The van der Waals surface area contributed by atoms with Crippen LogP contribution in [-0.2, 0) is 32.6 Å². The first-order valence-corrected chi connectivity index (χ1v) is 16.3. The molecule has 0 unspecified atom stereocenters. The average molecular weight is 652 g/mol. The van der Waals surface area contributed by atoms with Crippen molar-refractivity contribution in [2.75, 3.05) is 24.0 Å². The molecule has 1 N–H and O–H groups in total. The topological polar surface area (TPSA) is 96.0 Å². The summed E-state index contributed by atoms with van der Waals surface area (Å²) < 4.78 is 50.1. The largest absolute Gasteiger partial charge is 0.492 e. The summed E-state index contributed by atoms with van der Waals surface area (Å²) in [5, 5.41) is 3.12. The third-order valence-electron chi connectivity index (χ3n) is 7.03. The van der Waals surface area contributed by atoms with Gasteiger partial charge in [-0.25, -0.2) is 12.8 Å². The second-order valence-electron chi connectivity index (χ2n) is 10.1. The summed E-state index contributed by atoms with van der Waals surface area (Å²) in [7, 11) is -4.36. The minimum absolute atomic E-state index is 0.101. The van der Waals surface area contributed by atoms with E-state index in [1.807, 2.05) is 30.3 Å². The van der Waals surface area contributed by atoms with Crippen LogP contribution in [-0.4, -0.2) is 50.9 Å². The van der Waals surface area contributed by atoms with Crippen LogP contribution < -0.4 is 14.4 Å². The average Bonchev–Trinajstić information content (AvgIpc) is 3.03. The molecule has 0 aromatic heterocycles. The van der Waals surface area contributed by atoms with E-state index in [2.05, 4.69) is 5.32 Å². The number of nitrogens with zero attached hydrogens (tertiary/aromatic N) is 2. The van der Waals surface area contributed by atoms with Crippen LogP contribution in [0.15, 0.2) is 108 Å². The maximum absolute atomic E-state index is 15.0. The molecule has 11 heteroatoms. The first-order chi connectivity index (χ1) is 21.6. The van der Waals surface area contributed by atoms with Crippen molar-refractivity contribution in [2.24, 2.45) is 0 Å². The summed E-state index contributed by atoms with van der Waals surface area (Å²) in [4.78, 5) is 29.1. The third-order valence-corrected chi connectivity index (χ3v) is 9.06. The van der Waals surface area contributed by atoms with E-state index in [1.54, 1.807) is 38.1 Å². The highest BCUT2D eigenvalue weighted by molar-refractivity contribution is 7.92. The van der Waals surface area contributed by atoms with Crippen molar-refractivity contribution in [3.05, 3.63) is 125 Å². The molecule has 0 aliphatic heterocycles. The molecular formula is C34H35ClFN3O5S. The van der Waals surface area contributed by atoms with E-state index in [0.717, 1.165) is 9.87 Å². The fourth-order valence-electron chi connectivity index (χ4n) is 4.84. The molecule has 4 aromatic carbocycles. The zero-order valence-electron chi connectivity index (χ0n) is 25.0. The molecule has 45 heavy (non-hydrogen) atoms. The molecule has 0 fully saturated rings. The highest BCUT2D eigenvalue weighted by Gasteiger charge is 2.35. The third kappa shape index (κ3) is 8.40. The number of anilines is 1. The molecule has 1 atom stereocenters. The molecule has 0 bridgehead atoms. The molecule has 4 rings (SSSR count). The zero-order valence-corrected chi connectivity index (χ0v) is 26.6. The predicted octanol–water partition coefficient (Wildman–Crippen LogP) is 5.85. The first kappa shape index (κ1) is 33.5. The molecule has 0 spiro atoms. The van der Waals surface area contributed by atoms with Crippen molar-refractivity contribution in [2.45, 2.75) is 37.8 Å². The lowest BCUT2D eigenvalue weighted by Gasteiger charge is -2.34. The minimum Gasteiger partial charge on any atom is -0.492 e. The number of para-hydroxylation sites is 2. The number of benzene rings is 4. The number of rotatable bonds is 14.